The molecule has 0 spiro atoms. The number of nitrogens with zero attached hydrogens (tertiary/aromatic N) is 2. The van der Waals surface area contributed by atoms with Crippen molar-refractivity contribution in [2.75, 3.05) is 39.4 Å². The molecule has 0 radical (unpaired) electrons. The van der Waals surface area contributed by atoms with Gasteiger partial charge >= 0.3 is 0 Å². The number of para-hydroxylation sites is 1. The monoisotopic (exact) mass is 549 g/mol. The van der Waals surface area contributed by atoms with Gasteiger partial charge in [0, 0.05) is 49.9 Å². The molecule has 40 heavy (non-hydrogen) atoms. The second kappa shape index (κ2) is 14.8. The van der Waals surface area contributed by atoms with Crippen LogP contribution in [0, 0.1) is 11.8 Å². The first-order valence-corrected chi connectivity index (χ1v) is 14.8. The number of hydrogen-bond acceptors (Lipinski definition) is 4. The van der Waals surface area contributed by atoms with Crippen molar-refractivity contribution < 1.29 is 14.6 Å². The van der Waals surface area contributed by atoms with Gasteiger partial charge in [-0.2, -0.15) is 0 Å². The second-order valence-electron chi connectivity index (χ2n) is 13.0. The fourth-order valence-electron chi connectivity index (χ4n) is 5.02. The maximum Gasteiger partial charge on any atom is 0.237 e. The number of rotatable bonds is 15. The van der Waals surface area contributed by atoms with Gasteiger partial charge in [-0.25, -0.2) is 0 Å². The third-order valence-electron chi connectivity index (χ3n) is 7.08. The lowest BCUT2D eigenvalue weighted by Crippen LogP contribution is -2.45. The normalized spacial score (nSPS) is 13.1. The van der Waals surface area contributed by atoms with Gasteiger partial charge in [0.2, 0.25) is 5.91 Å². The van der Waals surface area contributed by atoms with E-state index in [9.17, 15) is 9.90 Å². The first-order chi connectivity index (χ1) is 18.9. The van der Waals surface area contributed by atoms with Gasteiger partial charge in [0.25, 0.3) is 0 Å². The van der Waals surface area contributed by atoms with Crippen LogP contribution in [0.25, 0.3) is 10.9 Å². The van der Waals surface area contributed by atoms with Crippen LogP contribution >= 0.6 is 0 Å². The van der Waals surface area contributed by atoms with Crippen molar-refractivity contribution in [3.8, 4) is 0 Å². The number of H-pyrrole nitrogens is 1. The molecule has 0 aliphatic rings. The highest BCUT2D eigenvalue weighted by Gasteiger charge is 2.22. The number of carbonyl (C=O) groups excluding carboxylic acids is 1. The van der Waals surface area contributed by atoms with Crippen molar-refractivity contribution in [1.29, 1.82) is 0 Å². The van der Waals surface area contributed by atoms with E-state index in [1.165, 1.54) is 16.5 Å². The standard InChI is InChI=1S/C34H51N3O3/c1-25(2)19-36(21-30(38)24-40-23-26(3)4)22-33(39)37(20-27-12-14-29(15-13-27)34(5,6)7)17-16-28-18-35-32-11-9-8-10-31(28)32/h8-15,18,25-26,30,35,38H,16-17,19-24H2,1-7H3/t30-/m1/s1. The van der Waals surface area contributed by atoms with Crippen molar-refractivity contribution in [3.63, 3.8) is 0 Å². The number of aliphatic hydroxyl groups excluding tert-OH is 1. The summed E-state index contributed by atoms with van der Waals surface area (Å²) in [5.74, 6) is 0.876. The van der Waals surface area contributed by atoms with Crippen LogP contribution in [0.1, 0.15) is 65.2 Å². The molecule has 2 aromatic carbocycles. The van der Waals surface area contributed by atoms with Crippen LogP contribution in [0.4, 0.5) is 0 Å². The van der Waals surface area contributed by atoms with Gasteiger partial charge in [0.05, 0.1) is 19.3 Å². The van der Waals surface area contributed by atoms with Crippen LogP contribution in [0.2, 0.25) is 0 Å². The van der Waals surface area contributed by atoms with Gasteiger partial charge in [-0.1, -0.05) is 90.9 Å². The lowest BCUT2D eigenvalue weighted by molar-refractivity contribution is -0.133. The van der Waals surface area contributed by atoms with Crippen LogP contribution < -0.4 is 0 Å². The van der Waals surface area contributed by atoms with Crippen LogP contribution in [0.5, 0.6) is 0 Å². The van der Waals surface area contributed by atoms with Gasteiger partial charge in [0.15, 0.2) is 0 Å². The van der Waals surface area contributed by atoms with Gasteiger partial charge in [-0.15, -0.1) is 0 Å². The first-order valence-electron chi connectivity index (χ1n) is 14.8. The van der Waals surface area contributed by atoms with Gasteiger partial charge < -0.3 is 19.7 Å². The smallest absolute Gasteiger partial charge is 0.237 e. The molecule has 0 aliphatic heterocycles. The highest BCUT2D eigenvalue weighted by atomic mass is 16.5. The zero-order valence-electron chi connectivity index (χ0n) is 25.7. The Labute approximate surface area is 241 Å². The number of fused-ring (bicyclic) bond motifs is 1. The van der Waals surface area contributed by atoms with Gasteiger partial charge in [0.1, 0.15) is 0 Å². The van der Waals surface area contributed by atoms with Crippen molar-refractivity contribution in [2.45, 2.75) is 73.0 Å². The number of amides is 1. The molecule has 3 rings (SSSR count). The van der Waals surface area contributed by atoms with Crippen LogP contribution in [-0.2, 0) is 27.9 Å². The summed E-state index contributed by atoms with van der Waals surface area (Å²) >= 11 is 0. The number of benzene rings is 2. The molecule has 6 heteroatoms. The Morgan fingerprint density at radius 1 is 0.950 bits per heavy atom. The number of hydrogen-bond donors (Lipinski definition) is 2. The summed E-state index contributed by atoms with van der Waals surface area (Å²) in [6.45, 7) is 18.6. The summed E-state index contributed by atoms with van der Waals surface area (Å²) in [7, 11) is 0. The third kappa shape index (κ3) is 10.1. The molecule has 1 aromatic heterocycles. The highest BCUT2D eigenvalue weighted by molar-refractivity contribution is 5.83. The fourth-order valence-corrected chi connectivity index (χ4v) is 5.02. The molecule has 0 saturated carbocycles. The molecular formula is C34H51N3O3. The molecule has 1 amide bonds. The molecule has 0 aliphatic carbocycles. The number of aromatic amines is 1. The van der Waals surface area contributed by atoms with Gasteiger partial charge in [-0.3, -0.25) is 9.69 Å². The Morgan fingerprint density at radius 3 is 2.30 bits per heavy atom. The molecule has 2 N–H and O–H groups in total. The van der Waals surface area contributed by atoms with Crippen molar-refractivity contribution in [2.24, 2.45) is 11.8 Å². The zero-order valence-corrected chi connectivity index (χ0v) is 25.7. The number of aromatic nitrogens is 1. The molecule has 1 heterocycles. The van der Waals surface area contributed by atoms with E-state index < -0.39 is 6.10 Å². The fraction of sp³-hybridized carbons (Fsp3) is 0.559. The molecule has 1 atom stereocenters. The second-order valence-corrected chi connectivity index (χ2v) is 13.0. The topological polar surface area (TPSA) is 68.8 Å². The summed E-state index contributed by atoms with van der Waals surface area (Å²) in [4.78, 5) is 21.3. The summed E-state index contributed by atoms with van der Waals surface area (Å²) in [6, 6.07) is 16.9. The van der Waals surface area contributed by atoms with E-state index in [0.717, 1.165) is 24.0 Å². The minimum absolute atomic E-state index is 0.0793. The van der Waals surface area contributed by atoms with Crippen LogP contribution in [0.15, 0.2) is 54.7 Å². The lowest BCUT2D eigenvalue weighted by atomic mass is 9.87. The lowest BCUT2D eigenvalue weighted by Gasteiger charge is -2.30. The van der Waals surface area contributed by atoms with E-state index in [1.807, 2.05) is 11.0 Å². The van der Waals surface area contributed by atoms with E-state index in [-0.39, 0.29) is 24.5 Å². The molecule has 220 valence electrons. The maximum atomic E-state index is 13.8. The predicted molar refractivity (Wildman–Crippen MR) is 166 cm³/mol. The Morgan fingerprint density at radius 2 is 1.65 bits per heavy atom. The Bertz CT molecular complexity index is 1180. The van der Waals surface area contributed by atoms with Crippen LogP contribution in [-0.4, -0.2) is 71.3 Å². The highest BCUT2D eigenvalue weighted by Crippen LogP contribution is 2.23. The molecule has 6 nitrogen and oxygen atoms in total. The quantitative estimate of drug-likeness (QED) is 0.243. The van der Waals surface area contributed by atoms with Gasteiger partial charge in [-0.05, 0) is 46.4 Å². The first kappa shape index (κ1) is 31.9. The predicted octanol–water partition coefficient (Wildman–Crippen LogP) is 6.03. The Hall–Kier alpha value is -2.67. The van der Waals surface area contributed by atoms with E-state index in [1.54, 1.807) is 0 Å². The van der Waals surface area contributed by atoms with E-state index >= 15 is 0 Å². The Kier molecular flexibility index (Phi) is 11.8. The maximum absolute atomic E-state index is 13.8. The number of ether oxygens (including phenoxy) is 1. The van der Waals surface area contributed by atoms with Crippen molar-refractivity contribution in [1.82, 2.24) is 14.8 Å². The summed E-state index contributed by atoms with van der Waals surface area (Å²) < 4.78 is 5.67. The SMILES string of the molecule is CC(C)COC[C@H](O)CN(CC(=O)N(CCc1c[nH]c2ccccc12)Cc1ccc(C(C)(C)C)cc1)CC(C)C. The number of aliphatic hydroxyl groups is 1. The zero-order chi connectivity index (χ0) is 29.3. The molecule has 0 unspecified atom stereocenters. The molecule has 0 bridgehead atoms. The summed E-state index contributed by atoms with van der Waals surface area (Å²) in [5.41, 5.74) is 4.82. The van der Waals surface area contributed by atoms with E-state index in [4.69, 9.17) is 4.74 Å². The molecule has 0 saturated heterocycles. The minimum Gasteiger partial charge on any atom is -0.389 e. The van der Waals surface area contributed by atoms with E-state index in [2.05, 4.69) is 107 Å². The average Bonchev–Trinajstić information content (AvgIpc) is 3.28. The average molecular weight is 550 g/mol. The van der Waals surface area contributed by atoms with Crippen molar-refractivity contribution >= 4 is 16.8 Å². The molecule has 0 fully saturated rings. The third-order valence-corrected chi connectivity index (χ3v) is 7.08. The number of carbonyl (C=O) groups is 1. The molecule has 3 aromatic rings. The summed E-state index contributed by atoms with van der Waals surface area (Å²) in [6.07, 6.45) is 2.20. The summed E-state index contributed by atoms with van der Waals surface area (Å²) in [5, 5.41) is 11.9. The molecular weight excluding hydrogens is 498 g/mol. The van der Waals surface area contributed by atoms with E-state index in [0.29, 0.717) is 38.1 Å². The number of nitrogens with one attached hydrogen (secondary N) is 1. The van der Waals surface area contributed by atoms with Crippen molar-refractivity contribution in [3.05, 3.63) is 71.4 Å². The van der Waals surface area contributed by atoms with Crippen LogP contribution in [0.3, 0.4) is 0 Å². The Balaban J connectivity index is 1.74. The minimum atomic E-state index is -0.630. The largest absolute Gasteiger partial charge is 0.389 e.